The van der Waals surface area contributed by atoms with Crippen molar-refractivity contribution in [2.45, 2.75) is 13.0 Å². The number of nitrogens with one attached hydrogen (secondary N) is 1. The molecule has 0 saturated heterocycles. The van der Waals surface area contributed by atoms with Crippen LogP contribution in [0.1, 0.15) is 6.92 Å². The fourth-order valence-corrected chi connectivity index (χ4v) is 2.61. The van der Waals surface area contributed by atoms with Gasteiger partial charge < -0.3 is 10.1 Å². The molecule has 0 radical (unpaired) electrons. The number of halogens is 1. The molecule has 3 aromatic carbocycles. The minimum Gasteiger partial charge on any atom is -0.481 e. The van der Waals surface area contributed by atoms with Gasteiger partial charge in [0.25, 0.3) is 5.91 Å². The number of benzene rings is 3. The van der Waals surface area contributed by atoms with E-state index in [0.717, 1.165) is 11.1 Å². The van der Waals surface area contributed by atoms with E-state index in [1.54, 1.807) is 31.2 Å². The fourth-order valence-electron chi connectivity index (χ4n) is 2.42. The smallest absolute Gasteiger partial charge is 0.265 e. The summed E-state index contributed by atoms with van der Waals surface area (Å²) in [6, 6.07) is 24.8. The van der Waals surface area contributed by atoms with Gasteiger partial charge in [-0.05, 0) is 48.4 Å². The third-order valence-corrected chi connectivity index (χ3v) is 3.97. The van der Waals surface area contributed by atoms with E-state index in [1.807, 2.05) is 42.5 Å². The molecule has 3 rings (SSSR count). The third kappa shape index (κ3) is 4.61. The molecule has 126 valence electrons. The van der Waals surface area contributed by atoms with Crippen molar-refractivity contribution < 1.29 is 9.53 Å². The van der Waals surface area contributed by atoms with Gasteiger partial charge in [0, 0.05) is 10.7 Å². The Morgan fingerprint density at radius 1 is 0.920 bits per heavy atom. The van der Waals surface area contributed by atoms with Crippen molar-refractivity contribution >= 4 is 23.2 Å². The highest BCUT2D eigenvalue weighted by molar-refractivity contribution is 6.30. The predicted molar refractivity (Wildman–Crippen MR) is 102 cm³/mol. The van der Waals surface area contributed by atoms with Gasteiger partial charge in [-0.2, -0.15) is 0 Å². The highest BCUT2D eigenvalue weighted by Crippen LogP contribution is 2.23. The Balaban J connectivity index is 1.62. The Kier molecular flexibility index (Phi) is 5.36. The molecule has 1 N–H and O–H groups in total. The summed E-state index contributed by atoms with van der Waals surface area (Å²) < 4.78 is 5.72. The molecule has 1 atom stereocenters. The summed E-state index contributed by atoms with van der Waals surface area (Å²) in [5, 5.41) is 3.36. The summed E-state index contributed by atoms with van der Waals surface area (Å²) in [5.74, 6) is 0.419. The Morgan fingerprint density at radius 3 is 2.28 bits per heavy atom. The van der Waals surface area contributed by atoms with Gasteiger partial charge in [-0.1, -0.05) is 60.1 Å². The first kappa shape index (κ1) is 17.1. The lowest BCUT2D eigenvalue weighted by atomic mass is 10.1. The number of hydrogen-bond acceptors (Lipinski definition) is 2. The lowest BCUT2D eigenvalue weighted by molar-refractivity contribution is -0.122. The number of carbonyl (C=O) groups excluding carboxylic acids is 1. The summed E-state index contributed by atoms with van der Waals surface area (Å²) in [7, 11) is 0. The van der Waals surface area contributed by atoms with Gasteiger partial charge in [0.05, 0.1) is 0 Å². The van der Waals surface area contributed by atoms with Gasteiger partial charge >= 0.3 is 0 Å². The maximum absolute atomic E-state index is 12.2. The molecule has 0 heterocycles. The molecule has 25 heavy (non-hydrogen) atoms. The van der Waals surface area contributed by atoms with Gasteiger partial charge in [-0.25, -0.2) is 0 Å². The summed E-state index contributed by atoms with van der Waals surface area (Å²) in [6.07, 6.45) is -0.624. The Morgan fingerprint density at radius 2 is 1.60 bits per heavy atom. The average molecular weight is 352 g/mol. The molecule has 0 aromatic heterocycles. The van der Waals surface area contributed by atoms with Crippen molar-refractivity contribution in [3.63, 3.8) is 0 Å². The van der Waals surface area contributed by atoms with E-state index in [2.05, 4.69) is 17.4 Å². The van der Waals surface area contributed by atoms with Crippen LogP contribution in [0.15, 0.2) is 78.9 Å². The van der Waals surface area contributed by atoms with Crippen molar-refractivity contribution in [1.29, 1.82) is 0 Å². The zero-order valence-corrected chi connectivity index (χ0v) is 14.5. The molecule has 0 aliphatic carbocycles. The van der Waals surface area contributed by atoms with Crippen LogP contribution in [0.2, 0.25) is 5.02 Å². The second-order valence-corrected chi connectivity index (χ2v) is 6.09. The van der Waals surface area contributed by atoms with Crippen LogP contribution in [0.4, 0.5) is 5.69 Å². The van der Waals surface area contributed by atoms with Gasteiger partial charge in [0.1, 0.15) is 5.75 Å². The molecule has 3 aromatic rings. The number of ether oxygens (including phenoxy) is 1. The van der Waals surface area contributed by atoms with Gasteiger partial charge in [0.2, 0.25) is 0 Å². The highest BCUT2D eigenvalue weighted by atomic mass is 35.5. The molecule has 0 fully saturated rings. The van der Waals surface area contributed by atoms with E-state index in [0.29, 0.717) is 16.5 Å². The lowest BCUT2D eigenvalue weighted by Crippen LogP contribution is -2.30. The Hall–Kier alpha value is -2.78. The van der Waals surface area contributed by atoms with E-state index in [9.17, 15) is 4.79 Å². The number of rotatable bonds is 5. The molecule has 0 bridgehead atoms. The average Bonchev–Trinajstić information content (AvgIpc) is 2.63. The molecule has 1 amide bonds. The molecule has 0 saturated carbocycles. The number of hydrogen-bond donors (Lipinski definition) is 1. The van der Waals surface area contributed by atoms with E-state index in [-0.39, 0.29) is 5.91 Å². The fraction of sp³-hybridized carbons (Fsp3) is 0.0952. The van der Waals surface area contributed by atoms with Crippen molar-refractivity contribution in [2.75, 3.05) is 5.32 Å². The molecule has 0 aliphatic heterocycles. The summed E-state index contributed by atoms with van der Waals surface area (Å²) >= 11 is 5.92. The molecule has 0 spiro atoms. The zero-order valence-electron chi connectivity index (χ0n) is 13.8. The number of anilines is 1. The molecule has 3 nitrogen and oxygen atoms in total. The standard InChI is InChI=1S/C21H18ClNO2/c1-15(21(24)23-19-9-5-8-18(22)14-19)25-20-12-10-17(11-13-20)16-6-3-2-4-7-16/h2-15H,1H3,(H,23,24). The summed E-state index contributed by atoms with van der Waals surface area (Å²) in [6.45, 7) is 1.71. The highest BCUT2D eigenvalue weighted by Gasteiger charge is 2.15. The van der Waals surface area contributed by atoms with Crippen LogP contribution in [0.5, 0.6) is 5.75 Å². The quantitative estimate of drug-likeness (QED) is 0.667. The van der Waals surface area contributed by atoms with E-state index >= 15 is 0 Å². The van der Waals surface area contributed by atoms with Gasteiger partial charge in [0.15, 0.2) is 6.10 Å². The number of carbonyl (C=O) groups is 1. The maximum Gasteiger partial charge on any atom is 0.265 e. The van der Waals surface area contributed by atoms with Crippen LogP contribution in [0.3, 0.4) is 0 Å². The molecule has 0 aliphatic rings. The van der Waals surface area contributed by atoms with Crippen molar-refractivity contribution in [1.82, 2.24) is 0 Å². The van der Waals surface area contributed by atoms with Crippen molar-refractivity contribution in [3.05, 3.63) is 83.9 Å². The SMILES string of the molecule is CC(Oc1ccc(-c2ccccc2)cc1)C(=O)Nc1cccc(Cl)c1. The number of amides is 1. The monoisotopic (exact) mass is 351 g/mol. The minimum atomic E-state index is -0.624. The van der Waals surface area contributed by atoms with Crippen LogP contribution in [0, 0.1) is 0 Å². The third-order valence-electron chi connectivity index (χ3n) is 3.74. The largest absolute Gasteiger partial charge is 0.481 e. The van der Waals surface area contributed by atoms with Gasteiger partial charge in [-0.15, -0.1) is 0 Å². The first-order valence-corrected chi connectivity index (χ1v) is 8.38. The van der Waals surface area contributed by atoms with E-state index in [1.165, 1.54) is 0 Å². The Labute approximate surface area is 152 Å². The maximum atomic E-state index is 12.2. The minimum absolute atomic E-state index is 0.227. The van der Waals surface area contributed by atoms with E-state index < -0.39 is 6.10 Å². The summed E-state index contributed by atoms with van der Waals surface area (Å²) in [4.78, 5) is 12.2. The molecule has 4 heteroatoms. The zero-order chi connectivity index (χ0) is 17.6. The van der Waals surface area contributed by atoms with Crippen molar-refractivity contribution in [2.24, 2.45) is 0 Å². The van der Waals surface area contributed by atoms with Crippen molar-refractivity contribution in [3.8, 4) is 16.9 Å². The lowest BCUT2D eigenvalue weighted by Gasteiger charge is -2.15. The summed E-state index contributed by atoms with van der Waals surface area (Å²) in [5.41, 5.74) is 2.89. The molecular weight excluding hydrogens is 334 g/mol. The topological polar surface area (TPSA) is 38.3 Å². The second-order valence-electron chi connectivity index (χ2n) is 5.65. The van der Waals surface area contributed by atoms with Crippen LogP contribution in [-0.4, -0.2) is 12.0 Å². The van der Waals surface area contributed by atoms with Crippen LogP contribution in [0.25, 0.3) is 11.1 Å². The van der Waals surface area contributed by atoms with Crippen LogP contribution >= 0.6 is 11.6 Å². The first-order chi connectivity index (χ1) is 12.1. The Bertz CT molecular complexity index is 847. The van der Waals surface area contributed by atoms with Crippen LogP contribution in [-0.2, 0) is 4.79 Å². The van der Waals surface area contributed by atoms with Crippen LogP contribution < -0.4 is 10.1 Å². The molecule has 1 unspecified atom stereocenters. The first-order valence-electron chi connectivity index (χ1n) is 8.00. The molecular formula is C21H18ClNO2. The van der Waals surface area contributed by atoms with Gasteiger partial charge in [-0.3, -0.25) is 4.79 Å². The van der Waals surface area contributed by atoms with E-state index in [4.69, 9.17) is 16.3 Å². The predicted octanol–water partition coefficient (Wildman–Crippen LogP) is 5.41. The normalized spacial score (nSPS) is 11.6. The second kappa shape index (κ2) is 7.86.